The number of ether oxygens (including phenoxy) is 3. The molecule has 18 heteroatoms. The molecule has 0 heterocycles. The van der Waals surface area contributed by atoms with E-state index < -0.39 is 91.5 Å². The van der Waals surface area contributed by atoms with Crippen molar-refractivity contribution in [1.82, 2.24) is 0 Å². The Balaban J connectivity index is 4.70. The average molecular weight is 1530 g/mol. The largest absolute Gasteiger partial charge is 0.472 e. The zero-order chi connectivity index (χ0) is 78.0. The standard InChI is InChI=1S/C89H146O16P2/c1-4-7-10-13-16-19-22-25-28-31-34-36-38-40-41-43-45-46-49-51-54-57-60-63-66-69-72-75-87(92)99-78-84(90)79-101-106(95,96)102-80-85(91)81-103-107(97,98)104-83-86(105-89(94)77-74-71-68-65-62-59-56-53-48-33-30-27-24-21-18-15-12-9-6-3)82-100-88(93)76-73-70-67-64-61-58-55-52-50-47-44-42-39-37-35-32-29-26-23-20-17-14-11-8-5-2/h7-8,10-11,16-21,25-30,34-37,40-42,44-46,48,50,52-53,84-86,90-91H,4-6,9,12-15,22-24,31-33,38-39,43,47,49,51,54-83H2,1-3H3,(H,95,96)(H,97,98)/b10-7-,11-8-,19-16-,20-17-,21-18-,28-25-,29-26-,30-27-,36-34-,37-35-,41-40-,44-42-,46-45-,52-50-,53-48-. The van der Waals surface area contributed by atoms with Crippen LogP contribution in [0.4, 0.5) is 0 Å². The Labute approximate surface area is 649 Å². The van der Waals surface area contributed by atoms with Gasteiger partial charge in [-0.2, -0.15) is 0 Å². The van der Waals surface area contributed by atoms with Gasteiger partial charge in [0.25, 0.3) is 0 Å². The Morgan fingerprint density at radius 1 is 0.271 bits per heavy atom. The molecule has 0 rings (SSSR count). The second kappa shape index (κ2) is 80.2. The number of aliphatic hydroxyl groups is 2. The number of carbonyl (C=O) groups is 3. The molecular formula is C89H146O16P2. The van der Waals surface area contributed by atoms with E-state index in [1.54, 1.807) is 0 Å². The Hall–Kier alpha value is -5.35. The topological polar surface area (TPSA) is 231 Å². The fraction of sp³-hybridized carbons (Fsp3) is 0.629. The third-order valence-corrected chi connectivity index (χ3v) is 18.5. The molecule has 0 spiro atoms. The zero-order valence-corrected chi connectivity index (χ0v) is 68.3. The van der Waals surface area contributed by atoms with Crippen LogP contribution in [0.5, 0.6) is 0 Å². The highest BCUT2D eigenvalue weighted by Gasteiger charge is 2.29. The first-order chi connectivity index (χ1) is 52.2. The molecule has 0 aliphatic carbocycles. The first-order valence-electron chi connectivity index (χ1n) is 41.1. The van der Waals surface area contributed by atoms with Gasteiger partial charge in [-0.15, -0.1) is 0 Å². The summed E-state index contributed by atoms with van der Waals surface area (Å²) in [6.45, 7) is 2.38. The molecule has 0 aromatic rings. The minimum Gasteiger partial charge on any atom is -0.463 e. The van der Waals surface area contributed by atoms with E-state index in [1.807, 2.05) is 0 Å². The number of rotatable bonds is 76. The van der Waals surface area contributed by atoms with E-state index in [4.69, 9.17) is 32.3 Å². The van der Waals surface area contributed by atoms with Gasteiger partial charge in [0.2, 0.25) is 0 Å². The summed E-state index contributed by atoms with van der Waals surface area (Å²) in [7, 11) is -9.82. The molecule has 0 aromatic heterocycles. The molecule has 0 amide bonds. The minimum absolute atomic E-state index is 0.0798. The highest BCUT2D eigenvalue weighted by Crippen LogP contribution is 2.45. The van der Waals surface area contributed by atoms with Gasteiger partial charge in [-0.25, -0.2) is 9.13 Å². The molecule has 0 saturated carbocycles. The molecule has 16 nitrogen and oxygen atoms in total. The highest BCUT2D eigenvalue weighted by molar-refractivity contribution is 7.47. The van der Waals surface area contributed by atoms with Crippen molar-refractivity contribution in [2.45, 2.75) is 322 Å². The van der Waals surface area contributed by atoms with Crippen LogP contribution < -0.4 is 0 Å². The Morgan fingerprint density at radius 3 is 0.785 bits per heavy atom. The summed E-state index contributed by atoms with van der Waals surface area (Å²) in [5.41, 5.74) is 0. The van der Waals surface area contributed by atoms with Gasteiger partial charge in [0.1, 0.15) is 25.4 Å². The van der Waals surface area contributed by atoms with E-state index >= 15 is 0 Å². The predicted octanol–water partition coefficient (Wildman–Crippen LogP) is 24.5. The predicted molar refractivity (Wildman–Crippen MR) is 445 cm³/mol. The lowest BCUT2D eigenvalue weighted by Crippen LogP contribution is -2.30. The summed E-state index contributed by atoms with van der Waals surface area (Å²) < 4.78 is 61.2. The van der Waals surface area contributed by atoms with Crippen LogP contribution in [0, 0.1) is 0 Å². The summed E-state index contributed by atoms with van der Waals surface area (Å²) in [6.07, 6.45) is 103. The minimum atomic E-state index is -4.95. The van der Waals surface area contributed by atoms with Crippen LogP contribution in [0.2, 0.25) is 0 Å². The number of hydrogen-bond donors (Lipinski definition) is 4. The maximum Gasteiger partial charge on any atom is 0.472 e. The third kappa shape index (κ3) is 81.5. The van der Waals surface area contributed by atoms with Crippen molar-refractivity contribution in [2.24, 2.45) is 0 Å². The lowest BCUT2D eigenvalue weighted by molar-refractivity contribution is -0.161. The van der Waals surface area contributed by atoms with Crippen LogP contribution in [0.15, 0.2) is 182 Å². The Bertz CT molecular complexity index is 2670. The molecule has 5 unspecified atom stereocenters. The molecule has 0 saturated heterocycles. The van der Waals surface area contributed by atoms with Crippen LogP contribution in [-0.2, 0) is 55.8 Å². The van der Waals surface area contributed by atoms with Crippen molar-refractivity contribution in [1.29, 1.82) is 0 Å². The smallest absolute Gasteiger partial charge is 0.463 e. The number of phosphoric acid groups is 2. The second-order valence-electron chi connectivity index (χ2n) is 26.8. The van der Waals surface area contributed by atoms with Crippen molar-refractivity contribution in [3.05, 3.63) is 182 Å². The molecule has 0 bridgehead atoms. The van der Waals surface area contributed by atoms with Gasteiger partial charge in [-0.3, -0.25) is 32.5 Å². The van der Waals surface area contributed by atoms with Crippen LogP contribution in [0.25, 0.3) is 0 Å². The van der Waals surface area contributed by atoms with Gasteiger partial charge < -0.3 is 34.2 Å². The molecule has 608 valence electrons. The van der Waals surface area contributed by atoms with Crippen LogP contribution >= 0.6 is 15.6 Å². The van der Waals surface area contributed by atoms with Crippen LogP contribution in [0.3, 0.4) is 0 Å². The van der Waals surface area contributed by atoms with Crippen LogP contribution in [0.1, 0.15) is 303 Å². The van der Waals surface area contributed by atoms with Gasteiger partial charge in [0, 0.05) is 19.3 Å². The molecule has 5 atom stereocenters. The fourth-order valence-electron chi connectivity index (χ4n) is 10.4. The monoisotopic (exact) mass is 1530 g/mol. The summed E-state index contributed by atoms with van der Waals surface area (Å²) in [4.78, 5) is 58.8. The van der Waals surface area contributed by atoms with E-state index in [-0.39, 0.29) is 19.3 Å². The highest BCUT2D eigenvalue weighted by atomic mass is 31.2. The van der Waals surface area contributed by atoms with Crippen molar-refractivity contribution >= 4 is 33.6 Å². The van der Waals surface area contributed by atoms with Crippen molar-refractivity contribution in [3.63, 3.8) is 0 Å². The maximum absolute atomic E-state index is 13.0. The number of hydrogen-bond acceptors (Lipinski definition) is 14. The summed E-state index contributed by atoms with van der Waals surface area (Å²) in [5.74, 6) is -1.62. The Kier molecular flexibility index (Phi) is 76.2. The van der Waals surface area contributed by atoms with Crippen molar-refractivity contribution < 1.29 is 75.8 Å². The number of allylic oxidation sites excluding steroid dienone is 30. The van der Waals surface area contributed by atoms with Gasteiger partial charge >= 0.3 is 33.6 Å². The van der Waals surface area contributed by atoms with Gasteiger partial charge in [-0.05, 0) is 161 Å². The fourth-order valence-corrected chi connectivity index (χ4v) is 12.0. The average Bonchev–Trinajstić information content (AvgIpc) is 0.903. The van der Waals surface area contributed by atoms with Gasteiger partial charge in [-0.1, -0.05) is 306 Å². The quantitative estimate of drug-likeness (QED) is 0.0146. The van der Waals surface area contributed by atoms with Gasteiger partial charge in [0.05, 0.1) is 26.4 Å². The number of carbonyl (C=O) groups excluding carboxylic acids is 3. The van der Waals surface area contributed by atoms with Crippen molar-refractivity contribution in [2.75, 3.05) is 39.6 Å². The molecule has 107 heavy (non-hydrogen) atoms. The molecule has 4 N–H and O–H groups in total. The summed E-state index contributed by atoms with van der Waals surface area (Å²) in [5, 5.41) is 20.7. The summed E-state index contributed by atoms with van der Waals surface area (Å²) in [6, 6.07) is 0. The van der Waals surface area contributed by atoms with Crippen LogP contribution in [-0.4, -0.2) is 95.9 Å². The maximum atomic E-state index is 13.0. The van der Waals surface area contributed by atoms with E-state index in [0.29, 0.717) is 19.3 Å². The Morgan fingerprint density at radius 2 is 0.495 bits per heavy atom. The first kappa shape index (κ1) is 102. The van der Waals surface area contributed by atoms with E-state index in [0.717, 1.165) is 205 Å². The number of esters is 3. The van der Waals surface area contributed by atoms with Gasteiger partial charge in [0.15, 0.2) is 6.10 Å². The lowest BCUT2D eigenvalue weighted by Gasteiger charge is -2.21. The first-order valence-corrected chi connectivity index (χ1v) is 44.1. The van der Waals surface area contributed by atoms with E-state index in [2.05, 4.69) is 203 Å². The van der Waals surface area contributed by atoms with E-state index in [9.17, 15) is 43.5 Å². The molecule has 0 aliphatic rings. The van der Waals surface area contributed by atoms with Crippen molar-refractivity contribution in [3.8, 4) is 0 Å². The third-order valence-electron chi connectivity index (χ3n) is 16.6. The normalized spacial score (nSPS) is 14.9. The molecule has 0 radical (unpaired) electrons. The number of unbranched alkanes of at least 4 members (excludes halogenated alkanes) is 23. The molecule has 0 aliphatic heterocycles. The lowest BCUT2D eigenvalue weighted by atomic mass is 10.1. The SMILES string of the molecule is CC/C=C\C/C=C\C/C=C\C/C=C\C/C=C\C/C=C\CCCCCCCCCCC(=O)OCC(O)COP(=O)(O)OCC(O)COP(=O)(O)OCC(COC(=O)CCCCCCCC/C=C\C/C=C\C/C=C\C/C=C\C/C=C\C/C=C\CC)OC(=O)CCCCCCCC/C=C\C/C=C\C/C=C\CCCCC. The molecule has 0 aromatic carbocycles. The van der Waals surface area contributed by atoms with E-state index in [1.165, 1.54) is 38.5 Å². The molecule has 0 fully saturated rings. The summed E-state index contributed by atoms with van der Waals surface area (Å²) >= 11 is 0. The zero-order valence-electron chi connectivity index (χ0n) is 66.5. The number of phosphoric ester groups is 2. The molecular weight excluding hydrogens is 1390 g/mol. The second-order valence-corrected chi connectivity index (χ2v) is 29.7. The number of aliphatic hydroxyl groups excluding tert-OH is 2.